The van der Waals surface area contributed by atoms with E-state index in [0.717, 1.165) is 12.1 Å². The van der Waals surface area contributed by atoms with Crippen LogP contribution in [-0.2, 0) is 5.92 Å². The first-order valence-corrected chi connectivity index (χ1v) is 8.31. The highest BCUT2D eigenvalue weighted by Crippen LogP contribution is 2.31. The predicted octanol–water partition coefficient (Wildman–Crippen LogP) is 6.60. The summed E-state index contributed by atoms with van der Waals surface area (Å²) in [6.45, 7) is 4.64. The summed E-state index contributed by atoms with van der Waals surface area (Å²) in [7, 11) is 0. The smallest absolute Gasteiger partial charge is 0.273 e. The van der Waals surface area contributed by atoms with Gasteiger partial charge in [-0.1, -0.05) is 32.1 Å². The minimum Gasteiger partial charge on any atom is -0.343 e. The normalized spacial score (nSPS) is 13.5. The Balaban J connectivity index is 0.00000118. The average molecular weight is 366 g/mol. The maximum absolute atomic E-state index is 13.5. The van der Waals surface area contributed by atoms with E-state index in [4.69, 9.17) is 0 Å². The summed E-state index contributed by atoms with van der Waals surface area (Å²) >= 11 is 0. The topological polar surface area (TPSA) is 24.4 Å². The highest BCUT2D eigenvalue weighted by Gasteiger charge is 2.28. The average Bonchev–Trinajstić information content (AvgIpc) is 3.06. The van der Waals surface area contributed by atoms with Gasteiger partial charge in [-0.25, -0.2) is 22.6 Å². The number of halogens is 4. The Morgan fingerprint density at radius 1 is 1.08 bits per heavy atom. The lowest BCUT2D eigenvalue weighted by atomic mass is 10.1. The fourth-order valence-electron chi connectivity index (χ4n) is 2.45. The lowest BCUT2D eigenvalue weighted by molar-refractivity contribution is 0.0138. The summed E-state index contributed by atoms with van der Waals surface area (Å²) < 4.78 is 53.5. The molecule has 0 aromatic heterocycles. The van der Waals surface area contributed by atoms with Gasteiger partial charge in [0.05, 0.1) is 11.3 Å². The lowest BCUT2D eigenvalue weighted by Gasteiger charge is -2.14. The van der Waals surface area contributed by atoms with E-state index in [2.05, 4.69) is 10.3 Å². The second-order valence-electron chi connectivity index (χ2n) is 5.57. The van der Waals surface area contributed by atoms with Gasteiger partial charge < -0.3 is 5.32 Å². The van der Waals surface area contributed by atoms with Crippen LogP contribution in [0.4, 0.5) is 23.2 Å². The molecule has 3 rings (SSSR count). The summed E-state index contributed by atoms with van der Waals surface area (Å²) in [6.07, 6.45) is 2.25. The highest BCUT2D eigenvalue weighted by atomic mass is 19.3. The van der Waals surface area contributed by atoms with Gasteiger partial charge in [0, 0.05) is 26.0 Å². The van der Waals surface area contributed by atoms with E-state index < -0.39 is 17.3 Å². The van der Waals surface area contributed by atoms with Crippen LogP contribution >= 0.6 is 0 Å². The van der Waals surface area contributed by atoms with Crippen molar-refractivity contribution >= 4 is 17.2 Å². The fourth-order valence-corrected chi connectivity index (χ4v) is 2.45. The maximum Gasteiger partial charge on any atom is 0.273 e. The second kappa shape index (κ2) is 8.17. The molecule has 0 fully saturated rings. The molecule has 0 radical (unpaired) electrons. The van der Waals surface area contributed by atoms with Crippen LogP contribution in [0.2, 0.25) is 0 Å². The van der Waals surface area contributed by atoms with Gasteiger partial charge in [-0.15, -0.1) is 0 Å². The van der Waals surface area contributed by atoms with Crippen LogP contribution < -0.4 is 5.32 Å². The van der Waals surface area contributed by atoms with Gasteiger partial charge in [-0.05, 0) is 30.3 Å². The number of hydrogen-bond acceptors (Lipinski definition) is 2. The number of benzene rings is 2. The molecule has 2 aromatic carbocycles. The lowest BCUT2D eigenvalue weighted by Crippen LogP contribution is -2.13. The van der Waals surface area contributed by atoms with Crippen LogP contribution in [0.15, 0.2) is 53.5 Å². The molecule has 0 saturated heterocycles. The van der Waals surface area contributed by atoms with Crippen molar-refractivity contribution in [3.8, 4) is 0 Å². The quantitative estimate of drug-likeness (QED) is 0.608. The first kappa shape index (κ1) is 19.7. The Labute approximate surface area is 151 Å². The number of alkyl halides is 2. The number of rotatable bonds is 3. The van der Waals surface area contributed by atoms with Crippen LogP contribution in [0.5, 0.6) is 0 Å². The molecule has 0 amide bonds. The van der Waals surface area contributed by atoms with Crippen molar-refractivity contribution in [1.29, 1.82) is 0 Å². The number of nitrogens with zero attached hydrogens (tertiary/aromatic N) is 1. The molecular formula is C20H22F4N2. The summed E-state index contributed by atoms with van der Waals surface area (Å²) in [5, 5.41) is 2.90. The zero-order valence-electron chi connectivity index (χ0n) is 14.8. The molecule has 140 valence electrons. The third-order valence-electron chi connectivity index (χ3n) is 3.59. The molecule has 1 N–H and O–H groups in total. The standard InChI is InChI=1S/C18H14F4N2.C2H6.H2/c1-18(21,22)14-10-13(5-6-15(14)20)23-17-8-7-16(24-17)11-3-2-4-12(19)9-11;1-2;/h2-7,9-10H,8H2,1H3,(H,23,24);1-2H3;1H. The highest BCUT2D eigenvalue weighted by molar-refractivity contribution is 6.03. The van der Waals surface area contributed by atoms with Crippen LogP contribution in [0.25, 0.3) is 5.70 Å². The Kier molecular flexibility index (Phi) is 6.18. The third-order valence-corrected chi connectivity index (χ3v) is 3.59. The minimum atomic E-state index is -3.27. The first-order chi connectivity index (χ1) is 12.3. The van der Waals surface area contributed by atoms with Crippen LogP contribution in [-0.4, -0.2) is 5.84 Å². The van der Waals surface area contributed by atoms with Crippen molar-refractivity contribution in [2.45, 2.75) is 33.1 Å². The van der Waals surface area contributed by atoms with Gasteiger partial charge in [0.15, 0.2) is 0 Å². The molecule has 2 nitrogen and oxygen atoms in total. The Morgan fingerprint density at radius 3 is 2.46 bits per heavy atom. The zero-order chi connectivity index (χ0) is 19.3. The van der Waals surface area contributed by atoms with E-state index in [1.54, 1.807) is 18.2 Å². The van der Waals surface area contributed by atoms with E-state index >= 15 is 0 Å². The molecule has 26 heavy (non-hydrogen) atoms. The molecule has 0 atom stereocenters. The van der Waals surface area contributed by atoms with Crippen molar-refractivity contribution in [3.63, 3.8) is 0 Å². The molecule has 0 unspecified atom stereocenters. The van der Waals surface area contributed by atoms with Crippen LogP contribution in [0.1, 0.15) is 39.7 Å². The van der Waals surface area contributed by atoms with Crippen molar-refractivity contribution in [2.75, 3.05) is 5.32 Å². The fraction of sp³-hybridized carbons (Fsp3) is 0.250. The van der Waals surface area contributed by atoms with E-state index in [-0.39, 0.29) is 7.24 Å². The predicted molar refractivity (Wildman–Crippen MR) is 99.5 cm³/mol. The molecule has 6 heteroatoms. The molecule has 0 saturated carbocycles. The van der Waals surface area contributed by atoms with Gasteiger partial charge in [0.25, 0.3) is 5.92 Å². The van der Waals surface area contributed by atoms with E-state index in [1.165, 1.54) is 18.2 Å². The van der Waals surface area contributed by atoms with Gasteiger partial charge in [-0.2, -0.15) is 0 Å². The Bertz CT molecular complexity index is 842. The number of hydrogen-bond donors (Lipinski definition) is 1. The Morgan fingerprint density at radius 2 is 1.81 bits per heavy atom. The maximum atomic E-state index is 13.5. The Hall–Kier alpha value is -2.63. The molecule has 1 heterocycles. The number of nitrogens with one attached hydrogen (secondary N) is 1. The minimum absolute atomic E-state index is 0. The molecular weight excluding hydrogens is 344 g/mol. The second-order valence-corrected chi connectivity index (χ2v) is 5.57. The third kappa shape index (κ3) is 4.71. The SMILES string of the molecule is CC.CC(F)(F)c1cc(NC2=NC(c3cccc(F)c3)=CC2)ccc1F.[HH]. The van der Waals surface area contributed by atoms with Gasteiger partial charge in [-0.3, -0.25) is 0 Å². The van der Waals surface area contributed by atoms with Crippen LogP contribution in [0.3, 0.4) is 0 Å². The molecule has 2 aromatic rings. The van der Waals surface area contributed by atoms with E-state index in [9.17, 15) is 17.6 Å². The van der Waals surface area contributed by atoms with Crippen molar-refractivity contribution in [1.82, 2.24) is 0 Å². The molecule has 0 aliphatic carbocycles. The van der Waals surface area contributed by atoms with E-state index in [1.807, 2.05) is 13.8 Å². The van der Waals surface area contributed by atoms with Crippen molar-refractivity contribution < 1.29 is 19.0 Å². The van der Waals surface area contributed by atoms with Crippen molar-refractivity contribution in [3.05, 3.63) is 71.3 Å². The van der Waals surface area contributed by atoms with Gasteiger partial charge in [0.2, 0.25) is 0 Å². The molecule has 0 bridgehead atoms. The first-order valence-electron chi connectivity index (χ1n) is 8.31. The number of anilines is 1. The summed E-state index contributed by atoms with van der Waals surface area (Å²) in [5.41, 5.74) is 0.872. The van der Waals surface area contributed by atoms with Crippen LogP contribution in [0, 0.1) is 11.6 Å². The monoisotopic (exact) mass is 366 g/mol. The number of aliphatic imine (C=N–C) groups is 1. The molecule has 1 aliphatic heterocycles. The number of amidine groups is 1. The van der Waals surface area contributed by atoms with Gasteiger partial charge in [0.1, 0.15) is 17.5 Å². The zero-order valence-corrected chi connectivity index (χ0v) is 14.8. The van der Waals surface area contributed by atoms with E-state index in [0.29, 0.717) is 36.1 Å². The van der Waals surface area contributed by atoms with Gasteiger partial charge >= 0.3 is 0 Å². The molecule has 1 aliphatic rings. The summed E-state index contributed by atoms with van der Waals surface area (Å²) in [6, 6.07) is 9.45. The summed E-state index contributed by atoms with van der Waals surface area (Å²) in [5.74, 6) is -4.07. The van der Waals surface area contributed by atoms with Crippen molar-refractivity contribution in [2.24, 2.45) is 4.99 Å². The molecule has 0 spiro atoms. The largest absolute Gasteiger partial charge is 0.343 e. The summed E-state index contributed by atoms with van der Waals surface area (Å²) in [4.78, 5) is 4.33.